The molecule has 1 N–H and O–H groups in total. The van der Waals surface area contributed by atoms with Gasteiger partial charge in [0.1, 0.15) is 11.5 Å². The molecule has 104 valence electrons. The molecule has 0 aliphatic carbocycles. The summed E-state index contributed by atoms with van der Waals surface area (Å²) in [4.78, 5) is 12.0. The van der Waals surface area contributed by atoms with Crippen LogP contribution in [0.4, 0.5) is 0 Å². The van der Waals surface area contributed by atoms with Gasteiger partial charge in [0.2, 0.25) is 0 Å². The summed E-state index contributed by atoms with van der Waals surface area (Å²) < 4.78 is 5.74. The maximum atomic E-state index is 12.0. The van der Waals surface area contributed by atoms with E-state index < -0.39 is 0 Å². The lowest BCUT2D eigenvalue weighted by molar-refractivity contribution is -0.123. The number of hydrogen-bond acceptors (Lipinski definition) is 3. The number of hydrogen-bond donors (Lipinski definition) is 1. The molecule has 1 unspecified atom stereocenters. The summed E-state index contributed by atoms with van der Waals surface area (Å²) >= 11 is 0. The Labute approximate surface area is 115 Å². The summed E-state index contributed by atoms with van der Waals surface area (Å²) in [6, 6.07) is 6.15. The van der Waals surface area contributed by atoms with Gasteiger partial charge in [0.25, 0.3) is 0 Å². The molecule has 0 bridgehead atoms. The lowest BCUT2D eigenvalue weighted by Gasteiger charge is -2.21. The Kier molecular flexibility index (Phi) is 4.97. The van der Waals surface area contributed by atoms with Crippen LogP contribution in [0, 0.1) is 19.8 Å². The molecule has 0 saturated carbocycles. The van der Waals surface area contributed by atoms with Crippen LogP contribution < -0.4 is 10.1 Å². The third-order valence-corrected chi connectivity index (χ3v) is 3.70. The second kappa shape index (κ2) is 6.71. The first-order valence-electron chi connectivity index (χ1n) is 7.10. The third-order valence-electron chi connectivity index (χ3n) is 3.70. The Bertz CT molecular complexity index is 436. The smallest absolute Gasteiger partial charge is 0.140 e. The number of piperidine rings is 1. The highest BCUT2D eigenvalue weighted by Crippen LogP contribution is 2.20. The minimum Gasteiger partial charge on any atom is -0.493 e. The first kappa shape index (κ1) is 14.1. The fourth-order valence-corrected chi connectivity index (χ4v) is 2.46. The monoisotopic (exact) mass is 261 g/mol. The maximum absolute atomic E-state index is 12.0. The first-order valence-corrected chi connectivity index (χ1v) is 7.10. The molecule has 3 nitrogen and oxygen atoms in total. The van der Waals surface area contributed by atoms with Crippen molar-refractivity contribution in [3.8, 4) is 5.75 Å². The Hall–Kier alpha value is -1.35. The lowest BCUT2D eigenvalue weighted by atomic mass is 9.94. The van der Waals surface area contributed by atoms with Gasteiger partial charge in [-0.15, -0.1) is 0 Å². The number of Topliss-reactive ketones (excluding diaryl/α,β-unsaturated/α-hetero) is 1. The topological polar surface area (TPSA) is 38.3 Å². The number of rotatable bonds is 5. The van der Waals surface area contributed by atoms with Crippen LogP contribution in [-0.2, 0) is 4.79 Å². The molecule has 1 fully saturated rings. The molecule has 1 aromatic carbocycles. The number of benzene rings is 1. The minimum absolute atomic E-state index is 0.191. The van der Waals surface area contributed by atoms with E-state index in [4.69, 9.17) is 4.74 Å². The highest BCUT2D eigenvalue weighted by Gasteiger charge is 2.20. The predicted molar refractivity (Wildman–Crippen MR) is 76.6 cm³/mol. The molecule has 0 spiro atoms. The first-order chi connectivity index (χ1) is 9.16. The van der Waals surface area contributed by atoms with Crippen LogP contribution in [0.3, 0.4) is 0 Å². The minimum atomic E-state index is 0.191. The zero-order valence-corrected chi connectivity index (χ0v) is 11.9. The van der Waals surface area contributed by atoms with Crippen molar-refractivity contribution in [3.05, 3.63) is 29.3 Å². The average Bonchev–Trinajstić information content (AvgIpc) is 2.43. The molecule has 0 aromatic heterocycles. The zero-order chi connectivity index (χ0) is 13.7. The van der Waals surface area contributed by atoms with E-state index in [1.54, 1.807) is 0 Å². The Morgan fingerprint density at radius 3 is 3.00 bits per heavy atom. The van der Waals surface area contributed by atoms with Crippen molar-refractivity contribution in [1.82, 2.24) is 5.32 Å². The van der Waals surface area contributed by atoms with Crippen molar-refractivity contribution in [2.24, 2.45) is 5.92 Å². The molecular weight excluding hydrogens is 238 g/mol. The highest BCUT2D eigenvalue weighted by atomic mass is 16.5. The van der Waals surface area contributed by atoms with Crippen molar-refractivity contribution in [2.75, 3.05) is 19.7 Å². The van der Waals surface area contributed by atoms with Crippen molar-refractivity contribution in [2.45, 2.75) is 33.1 Å². The summed E-state index contributed by atoms with van der Waals surface area (Å²) in [7, 11) is 0. The van der Waals surface area contributed by atoms with Gasteiger partial charge in [-0.05, 0) is 50.4 Å². The summed E-state index contributed by atoms with van der Waals surface area (Å²) in [6.07, 6.45) is 2.64. The molecule has 1 saturated heterocycles. The molecule has 1 aliphatic heterocycles. The van der Waals surface area contributed by atoms with Crippen molar-refractivity contribution in [3.63, 3.8) is 0 Å². The van der Waals surface area contributed by atoms with E-state index in [1.165, 1.54) is 5.56 Å². The maximum Gasteiger partial charge on any atom is 0.140 e. The third kappa shape index (κ3) is 4.06. The zero-order valence-electron chi connectivity index (χ0n) is 11.9. The van der Waals surface area contributed by atoms with Crippen LogP contribution in [0.5, 0.6) is 5.75 Å². The molecule has 1 aromatic rings. The lowest BCUT2D eigenvalue weighted by Crippen LogP contribution is -2.34. The van der Waals surface area contributed by atoms with Crippen LogP contribution >= 0.6 is 0 Å². The molecule has 0 radical (unpaired) electrons. The van der Waals surface area contributed by atoms with E-state index in [1.807, 2.05) is 19.9 Å². The molecule has 3 heteroatoms. The number of carbonyl (C=O) groups excluding carboxylic acids is 1. The second-order valence-electron chi connectivity index (χ2n) is 5.38. The summed E-state index contributed by atoms with van der Waals surface area (Å²) in [5, 5.41) is 3.28. The van der Waals surface area contributed by atoms with Gasteiger partial charge in [-0.25, -0.2) is 0 Å². The second-order valence-corrected chi connectivity index (χ2v) is 5.38. The molecule has 19 heavy (non-hydrogen) atoms. The van der Waals surface area contributed by atoms with Crippen LogP contribution in [0.25, 0.3) is 0 Å². The van der Waals surface area contributed by atoms with Gasteiger partial charge in [0, 0.05) is 18.9 Å². The van der Waals surface area contributed by atoms with E-state index >= 15 is 0 Å². The summed E-state index contributed by atoms with van der Waals surface area (Å²) in [5.41, 5.74) is 2.31. The van der Waals surface area contributed by atoms with Gasteiger partial charge >= 0.3 is 0 Å². The van der Waals surface area contributed by atoms with E-state index in [0.29, 0.717) is 18.8 Å². The average molecular weight is 261 g/mol. The van der Waals surface area contributed by atoms with E-state index in [0.717, 1.165) is 37.2 Å². The van der Waals surface area contributed by atoms with Crippen LogP contribution in [0.2, 0.25) is 0 Å². The van der Waals surface area contributed by atoms with E-state index in [2.05, 4.69) is 17.4 Å². The standard InChI is InChI=1S/C16H23NO2/c1-12-5-6-13(2)16(10-12)19-9-7-15(18)14-4-3-8-17-11-14/h5-6,10,14,17H,3-4,7-9,11H2,1-2H3. The molecule has 1 heterocycles. The van der Waals surface area contributed by atoms with Crippen LogP contribution in [0.15, 0.2) is 18.2 Å². The summed E-state index contributed by atoms with van der Waals surface area (Å²) in [5.74, 6) is 1.42. The Balaban J connectivity index is 1.79. The number of nitrogens with one attached hydrogen (secondary N) is 1. The van der Waals surface area contributed by atoms with Crippen LogP contribution in [-0.4, -0.2) is 25.5 Å². The molecule has 2 rings (SSSR count). The van der Waals surface area contributed by atoms with Gasteiger partial charge in [-0.2, -0.15) is 0 Å². The normalized spacial score (nSPS) is 19.2. The Morgan fingerprint density at radius 1 is 1.42 bits per heavy atom. The quantitative estimate of drug-likeness (QED) is 0.885. The largest absolute Gasteiger partial charge is 0.493 e. The van der Waals surface area contributed by atoms with Crippen LogP contribution in [0.1, 0.15) is 30.4 Å². The van der Waals surface area contributed by atoms with Gasteiger partial charge in [-0.3, -0.25) is 4.79 Å². The fourth-order valence-electron chi connectivity index (χ4n) is 2.46. The van der Waals surface area contributed by atoms with Gasteiger partial charge < -0.3 is 10.1 Å². The molecular formula is C16H23NO2. The number of aryl methyl sites for hydroxylation is 2. The predicted octanol–water partition coefficient (Wildman–Crippen LogP) is 2.64. The molecule has 0 amide bonds. The van der Waals surface area contributed by atoms with Crippen molar-refractivity contribution >= 4 is 5.78 Å². The number of ether oxygens (including phenoxy) is 1. The Morgan fingerprint density at radius 2 is 2.26 bits per heavy atom. The van der Waals surface area contributed by atoms with E-state index in [-0.39, 0.29) is 5.92 Å². The van der Waals surface area contributed by atoms with Gasteiger partial charge in [0.05, 0.1) is 6.61 Å². The van der Waals surface area contributed by atoms with Gasteiger partial charge in [0.15, 0.2) is 0 Å². The van der Waals surface area contributed by atoms with Crippen molar-refractivity contribution in [1.29, 1.82) is 0 Å². The van der Waals surface area contributed by atoms with Crippen molar-refractivity contribution < 1.29 is 9.53 Å². The molecule has 1 atom stereocenters. The van der Waals surface area contributed by atoms with Gasteiger partial charge in [-0.1, -0.05) is 12.1 Å². The SMILES string of the molecule is Cc1ccc(C)c(OCCC(=O)C2CCCNC2)c1. The van der Waals surface area contributed by atoms with E-state index in [9.17, 15) is 4.79 Å². The summed E-state index contributed by atoms with van der Waals surface area (Å²) in [6.45, 7) is 6.44. The number of carbonyl (C=O) groups is 1. The highest BCUT2D eigenvalue weighted by molar-refractivity contribution is 5.81. The number of ketones is 1. The molecule has 1 aliphatic rings. The fraction of sp³-hybridized carbons (Fsp3) is 0.562.